The van der Waals surface area contributed by atoms with Crippen LogP contribution < -0.4 is 5.32 Å². The lowest BCUT2D eigenvalue weighted by molar-refractivity contribution is 0.201. The van der Waals surface area contributed by atoms with Gasteiger partial charge in [-0.25, -0.2) is 14.5 Å². The van der Waals surface area contributed by atoms with E-state index in [0.717, 1.165) is 17.0 Å². The minimum absolute atomic E-state index is 0.0493. The average molecular weight is 358 g/mol. The molecular formula is C18H23FN6O. The highest BCUT2D eigenvalue weighted by atomic mass is 19.1. The fourth-order valence-corrected chi connectivity index (χ4v) is 2.86. The highest BCUT2D eigenvalue weighted by molar-refractivity contribution is 5.76. The molecule has 1 N–H and O–H groups in total. The van der Waals surface area contributed by atoms with Gasteiger partial charge in [0.2, 0.25) is 5.95 Å². The Morgan fingerprint density at radius 2 is 2.23 bits per heavy atom. The van der Waals surface area contributed by atoms with Crippen LogP contribution in [0.2, 0.25) is 0 Å². The number of carbonyl (C=O) groups is 1. The largest absolute Gasteiger partial charge is 0.338 e. The quantitative estimate of drug-likeness (QED) is 0.853. The number of hydrogen-bond donors (Lipinski definition) is 1. The van der Waals surface area contributed by atoms with Gasteiger partial charge in [0.1, 0.15) is 11.4 Å². The summed E-state index contributed by atoms with van der Waals surface area (Å²) in [5.74, 6) is -0.168. The summed E-state index contributed by atoms with van der Waals surface area (Å²) in [6.07, 6.45) is 4.07. The van der Waals surface area contributed by atoms with Gasteiger partial charge >= 0.3 is 6.03 Å². The first-order chi connectivity index (χ1) is 12.5. The Kier molecular flexibility index (Phi) is 5.29. The van der Waals surface area contributed by atoms with Crippen LogP contribution in [0, 0.1) is 18.8 Å². The van der Waals surface area contributed by atoms with Crippen LogP contribution in [-0.4, -0.2) is 50.5 Å². The van der Waals surface area contributed by atoms with Crippen molar-refractivity contribution in [2.75, 3.05) is 19.6 Å². The molecule has 0 saturated carbocycles. The summed E-state index contributed by atoms with van der Waals surface area (Å²) in [4.78, 5) is 17.6. The summed E-state index contributed by atoms with van der Waals surface area (Å²) in [6.45, 7) is 7.77. The van der Waals surface area contributed by atoms with Crippen LogP contribution in [0.25, 0.3) is 11.3 Å². The fraction of sp³-hybridized carbons (Fsp3) is 0.444. The summed E-state index contributed by atoms with van der Waals surface area (Å²) < 4.78 is 15.4. The van der Waals surface area contributed by atoms with E-state index in [4.69, 9.17) is 0 Å². The molecule has 7 nitrogen and oxygen atoms in total. The standard InChI is InChI=1S/C18H23FN6O/c1-12(2)11-21-18(26)24-9-6-14(7-10-24)16-13(3)25(23-22-16)15-5-4-8-20-17(15)19/h4-6,8,12H,7,9-11H2,1-3H3,(H,21,26). The molecule has 1 aliphatic heterocycles. The number of urea groups is 1. The first kappa shape index (κ1) is 18.0. The van der Waals surface area contributed by atoms with E-state index in [1.165, 1.54) is 10.9 Å². The van der Waals surface area contributed by atoms with Crippen LogP contribution >= 0.6 is 0 Å². The Morgan fingerprint density at radius 1 is 1.42 bits per heavy atom. The zero-order valence-electron chi connectivity index (χ0n) is 15.2. The van der Waals surface area contributed by atoms with E-state index in [2.05, 4.69) is 34.5 Å². The Hall–Kier alpha value is -2.77. The van der Waals surface area contributed by atoms with Crippen LogP contribution in [0.5, 0.6) is 0 Å². The second kappa shape index (κ2) is 7.63. The number of rotatable bonds is 4. The van der Waals surface area contributed by atoms with Crippen molar-refractivity contribution in [3.63, 3.8) is 0 Å². The molecule has 2 amide bonds. The van der Waals surface area contributed by atoms with Crippen molar-refractivity contribution >= 4 is 11.6 Å². The van der Waals surface area contributed by atoms with Crippen molar-refractivity contribution in [3.05, 3.63) is 41.7 Å². The zero-order valence-corrected chi connectivity index (χ0v) is 15.2. The highest BCUT2D eigenvalue weighted by Crippen LogP contribution is 2.25. The topological polar surface area (TPSA) is 75.9 Å². The molecule has 138 valence electrons. The molecule has 0 atom stereocenters. The van der Waals surface area contributed by atoms with Gasteiger partial charge in [0, 0.05) is 25.8 Å². The summed E-state index contributed by atoms with van der Waals surface area (Å²) in [5.41, 5.74) is 2.78. The monoisotopic (exact) mass is 358 g/mol. The molecule has 3 heterocycles. The van der Waals surface area contributed by atoms with Crippen LogP contribution in [0.1, 0.15) is 31.7 Å². The van der Waals surface area contributed by atoms with Crippen LogP contribution in [0.15, 0.2) is 24.4 Å². The summed E-state index contributed by atoms with van der Waals surface area (Å²) in [7, 11) is 0. The molecule has 0 radical (unpaired) electrons. The molecule has 0 spiro atoms. The number of nitrogens with zero attached hydrogens (tertiary/aromatic N) is 5. The molecule has 0 aromatic carbocycles. The highest BCUT2D eigenvalue weighted by Gasteiger charge is 2.22. The molecule has 2 aromatic rings. The van der Waals surface area contributed by atoms with Crippen molar-refractivity contribution in [1.29, 1.82) is 0 Å². The van der Waals surface area contributed by atoms with E-state index in [0.29, 0.717) is 32.0 Å². The maximum absolute atomic E-state index is 13.9. The van der Waals surface area contributed by atoms with Gasteiger partial charge in [0.15, 0.2) is 0 Å². The molecule has 0 unspecified atom stereocenters. The molecular weight excluding hydrogens is 335 g/mol. The molecule has 3 rings (SSSR count). The molecule has 1 aliphatic rings. The van der Waals surface area contributed by atoms with Crippen molar-refractivity contribution in [3.8, 4) is 5.69 Å². The lowest BCUT2D eigenvalue weighted by Crippen LogP contribution is -2.43. The van der Waals surface area contributed by atoms with E-state index >= 15 is 0 Å². The Bertz CT molecular complexity index is 829. The van der Waals surface area contributed by atoms with E-state index < -0.39 is 5.95 Å². The van der Waals surface area contributed by atoms with Crippen LogP contribution in [0.4, 0.5) is 9.18 Å². The fourth-order valence-electron chi connectivity index (χ4n) is 2.86. The van der Waals surface area contributed by atoms with Crippen molar-refractivity contribution in [1.82, 2.24) is 30.2 Å². The number of aromatic nitrogens is 4. The molecule has 8 heteroatoms. The molecule has 0 bridgehead atoms. The Labute approximate surface area is 151 Å². The molecule has 0 fully saturated rings. The van der Waals surface area contributed by atoms with Gasteiger partial charge in [-0.2, -0.15) is 4.39 Å². The minimum atomic E-state index is -0.585. The van der Waals surface area contributed by atoms with E-state index in [1.54, 1.807) is 17.0 Å². The van der Waals surface area contributed by atoms with Crippen molar-refractivity contribution in [2.24, 2.45) is 5.92 Å². The van der Waals surface area contributed by atoms with E-state index in [-0.39, 0.29) is 11.7 Å². The average Bonchev–Trinajstić information content (AvgIpc) is 3.01. The Balaban J connectivity index is 1.74. The number of halogens is 1. The number of amides is 2. The predicted molar refractivity (Wildman–Crippen MR) is 96.3 cm³/mol. The second-order valence-electron chi connectivity index (χ2n) is 6.75. The SMILES string of the molecule is Cc1c(C2=CCN(C(=O)NCC(C)C)CC2)nnn1-c1cccnc1F. The van der Waals surface area contributed by atoms with Gasteiger partial charge in [0.25, 0.3) is 0 Å². The first-order valence-corrected chi connectivity index (χ1v) is 8.72. The van der Waals surface area contributed by atoms with E-state index in [1.807, 2.05) is 13.0 Å². The van der Waals surface area contributed by atoms with Crippen LogP contribution in [0.3, 0.4) is 0 Å². The van der Waals surface area contributed by atoms with Gasteiger partial charge < -0.3 is 10.2 Å². The smallest absolute Gasteiger partial charge is 0.317 e. The van der Waals surface area contributed by atoms with Gasteiger partial charge in [-0.1, -0.05) is 25.1 Å². The summed E-state index contributed by atoms with van der Waals surface area (Å²) in [6, 6.07) is 3.23. The third-order valence-corrected chi connectivity index (χ3v) is 4.32. The Morgan fingerprint density at radius 3 is 2.88 bits per heavy atom. The maximum Gasteiger partial charge on any atom is 0.317 e. The molecule has 0 aliphatic carbocycles. The first-order valence-electron chi connectivity index (χ1n) is 8.72. The number of nitrogens with one attached hydrogen (secondary N) is 1. The van der Waals surface area contributed by atoms with Crippen molar-refractivity contribution in [2.45, 2.75) is 27.2 Å². The third kappa shape index (κ3) is 3.74. The van der Waals surface area contributed by atoms with Gasteiger partial charge in [-0.3, -0.25) is 0 Å². The number of carbonyl (C=O) groups excluding carboxylic acids is 1. The van der Waals surface area contributed by atoms with Crippen LogP contribution in [-0.2, 0) is 0 Å². The maximum atomic E-state index is 13.9. The van der Waals surface area contributed by atoms with Gasteiger partial charge in [-0.15, -0.1) is 5.10 Å². The number of pyridine rings is 1. The second-order valence-corrected chi connectivity index (χ2v) is 6.75. The van der Waals surface area contributed by atoms with Crippen molar-refractivity contribution < 1.29 is 9.18 Å². The molecule has 0 saturated heterocycles. The summed E-state index contributed by atoms with van der Waals surface area (Å²) in [5, 5.41) is 11.2. The minimum Gasteiger partial charge on any atom is -0.338 e. The normalized spacial score (nSPS) is 14.5. The lowest BCUT2D eigenvalue weighted by Gasteiger charge is -2.26. The molecule has 26 heavy (non-hydrogen) atoms. The summed E-state index contributed by atoms with van der Waals surface area (Å²) >= 11 is 0. The van der Waals surface area contributed by atoms with Gasteiger partial charge in [0.05, 0.1) is 5.69 Å². The zero-order chi connectivity index (χ0) is 18.7. The predicted octanol–water partition coefficient (Wildman–Crippen LogP) is 2.56. The number of hydrogen-bond acceptors (Lipinski definition) is 4. The van der Waals surface area contributed by atoms with Gasteiger partial charge in [-0.05, 0) is 37.0 Å². The van der Waals surface area contributed by atoms with E-state index in [9.17, 15) is 9.18 Å². The third-order valence-electron chi connectivity index (χ3n) is 4.32. The lowest BCUT2D eigenvalue weighted by atomic mass is 10.0. The molecule has 2 aromatic heterocycles.